The minimum atomic E-state index is -1.07. The fraction of sp³-hybridized carbons (Fsp3) is 0.364. The summed E-state index contributed by atoms with van der Waals surface area (Å²) in [5, 5.41) is 10.2. The van der Waals surface area contributed by atoms with Gasteiger partial charge in [-0.1, -0.05) is 6.92 Å². The second-order valence-corrected chi connectivity index (χ2v) is 4.60. The summed E-state index contributed by atoms with van der Waals surface area (Å²) in [4.78, 5) is 35.2. The van der Waals surface area contributed by atoms with Crippen LogP contribution in [0, 0.1) is 0 Å². The van der Waals surface area contributed by atoms with Gasteiger partial charge in [0.15, 0.2) is 0 Å². The van der Waals surface area contributed by atoms with Crippen molar-refractivity contribution in [1.82, 2.24) is 4.90 Å². The SMILES string of the molecule is CCCN(CC(=O)O)C(=O)c1cc(C(N)=O)cs1. The third kappa shape index (κ3) is 3.56. The molecule has 1 aromatic rings. The number of carbonyl (C=O) groups excluding carboxylic acids is 2. The van der Waals surface area contributed by atoms with Crippen LogP contribution in [0.4, 0.5) is 0 Å². The number of rotatable bonds is 6. The van der Waals surface area contributed by atoms with Gasteiger partial charge in [0.2, 0.25) is 5.91 Å². The predicted molar refractivity (Wildman–Crippen MR) is 66.7 cm³/mol. The van der Waals surface area contributed by atoms with E-state index in [0.717, 1.165) is 11.3 Å². The lowest BCUT2D eigenvalue weighted by Crippen LogP contribution is -2.35. The summed E-state index contributed by atoms with van der Waals surface area (Å²) in [5.74, 6) is -2.06. The molecule has 98 valence electrons. The molecular weight excluding hydrogens is 256 g/mol. The summed E-state index contributed by atoms with van der Waals surface area (Å²) >= 11 is 1.08. The fourth-order valence-electron chi connectivity index (χ4n) is 1.42. The lowest BCUT2D eigenvalue weighted by molar-refractivity contribution is -0.137. The van der Waals surface area contributed by atoms with Crippen molar-refractivity contribution in [3.63, 3.8) is 0 Å². The van der Waals surface area contributed by atoms with Gasteiger partial charge in [-0.15, -0.1) is 11.3 Å². The van der Waals surface area contributed by atoms with E-state index in [0.29, 0.717) is 17.8 Å². The summed E-state index contributed by atoms with van der Waals surface area (Å²) in [6.45, 7) is 1.86. The van der Waals surface area contributed by atoms with Crippen LogP contribution in [0.15, 0.2) is 11.4 Å². The molecule has 0 saturated heterocycles. The molecule has 0 radical (unpaired) electrons. The molecule has 0 bridgehead atoms. The number of amides is 2. The van der Waals surface area contributed by atoms with Gasteiger partial charge in [0, 0.05) is 11.9 Å². The topological polar surface area (TPSA) is 101 Å². The van der Waals surface area contributed by atoms with Gasteiger partial charge >= 0.3 is 5.97 Å². The first-order valence-corrected chi connectivity index (χ1v) is 6.23. The maximum absolute atomic E-state index is 12.0. The van der Waals surface area contributed by atoms with Crippen molar-refractivity contribution in [2.45, 2.75) is 13.3 Å². The molecule has 2 amide bonds. The van der Waals surface area contributed by atoms with Crippen LogP contribution in [0.25, 0.3) is 0 Å². The highest BCUT2D eigenvalue weighted by molar-refractivity contribution is 7.12. The standard InChI is InChI=1S/C11H14N2O4S/c1-2-3-13(5-9(14)15)11(17)8-4-7(6-18-8)10(12)16/h4,6H,2-3,5H2,1H3,(H2,12,16)(H,14,15). The summed E-state index contributed by atoms with van der Waals surface area (Å²) in [7, 11) is 0. The van der Waals surface area contributed by atoms with Crippen molar-refractivity contribution in [2.75, 3.05) is 13.1 Å². The summed E-state index contributed by atoms with van der Waals surface area (Å²) in [5.41, 5.74) is 5.35. The molecule has 0 aliphatic heterocycles. The second kappa shape index (κ2) is 6.15. The number of nitrogens with two attached hydrogens (primary N) is 1. The van der Waals surface area contributed by atoms with E-state index in [1.165, 1.54) is 16.3 Å². The highest BCUT2D eigenvalue weighted by atomic mass is 32.1. The number of carbonyl (C=O) groups is 3. The predicted octanol–water partition coefficient (Wildman–Crippen LogP) is 0.784. The molecule has 0 fully saturated rings. The zero-order valence-corrected chi connectivity index (χ0v) is 10.7. The zero-order valence-electron chi connectivity index (χ0n) is 9.88. The number of carboxylic acid groups (broad SMARTS) is 1. The Balaban J connectivity index is 2.87. The number of hydrogen-bond donors (Lipinski definition) is 2. The van der Waals surface area contributed by atoms with Crippen LogP contribution < -0.4 is 5.73 Å². The molecule has 18 heavy (non-hydrogen) atoms. The molecule has 0 spiro atoms. The summed E-state index contributed by atoms with van der Waals surface area (Å²) < 4.78 is 0. The first-order valence-electron chi connectivity index (χ1n) is 5.35. The highest BCUT2D eigenvalue weighted by Gasteiger charge is 2.20. The van der Waals surface area contributed by atoms with Gasteiger partial charge in [-0.05, 0) is 12.5 Å². The largest absolute Gasteiger partial charge is 0.480 e. The van der Waals surface area contributed by atoms with Gasteiger partial charge in [0.1, 0.15) is 6.54 Å². The number of nitrogens with zero attached hydrogens (tertiary/aromatic N) is 1. The fourth-order valence-corrected chi connectivity index (χ4v) is 2.28. The number of carboxylic acids is 1. The lowest BCUT2D eigenvalue weighted by atomic mass is 10.2. The van der Waals surface area contributed by atoms with Gasteiger partial charge in [-0.3, -0.25) is 14.4 Å². The Hall–Kier alpha value is -1.89. The molecule has 0 aliphatic carbocycles. The van der Waals surface area contributed by atoms with Crippen molar-refractivity contribution in [2.24, 2.45) is 5.73 Å². The first kappa shape index (κ1) is 14.2. The average Bonchev–Trinajstić information content (AvgIpc) is 2.76. The van der Waals surface area contributed by atoms with Crippen LogP contribution in [-0.4, -0.2) is 40.9 Å². The van der Waals surface area contributed by atoms with E-state index in [-0.39, 0.29) is 12.1 Å². The molecule has 1 aromatic heterocycles. The third-order valence-corrected chi connectivity index (χ3v) is 3.12. The van der Waals surface area contributed by atoms with E-state index in [1.54, 1.807) is 0 Å². The first-order chi connectivity index (χ1) is 8.45. The molecule has 3 N–H and O–H groups in total. The van der Waals surface area contributed by atoms with Crippen molar-refractivity contribution in [3.8, 4) is 0 Å². The van der Waals surface area contributed by atoms with E-state index in [1.807, 2.05) is 6.92 Å². The minimum absolute atomic E-state index is 0.259. The number of aliphatic carboxylic acids is 1. The molecule has 1 rings (SSSR count). The van der Waals surface area contributed by atoms with E-state index in [9.17, 15) is 14.4 Å². The number of thiophene rings is 1. The van der Waals surface area contributed by atoms with E-state index >= 15 is 0 Å². The quantitative estimate of drug-likeness (QED) is 0.797. The van der Waals surface area contributed by atoms with Gasteiger partial charge in [-0.25, -0.2) is 0 Å². The van der Waals surface area contributed by atoms with Crippen LogP contribution in [0.5, 0.6) is 0 Å². The minimum Gasteiger partial charge on any atom is -0.480 e. The van der Waals surface area contributed by atoms with Crippen LogP contribution in [0.1, 0.15) is 33.4 Å². The van der Waals surface area contributed by atoms with Crippen LogP contribution >= 0.6 is 11.3 Å². The van der Waals surface area contributed by atoms with Crippen LogP contribution in [-0.2, 0) is 4.79 Å². The maximum Gasteiger partial charge on any atom is 0.323 e. The van der Waals surface area contributed by atoms with Crippen molar-refractivity contribution >= 4 is 29.1 Å². The molecule has 0 saturated carbocycles. The molecular formula is C11H14N2O4S. The molecule has 0 aromatic carbocycles. The van der Waals surface area contributed by atoms with Crippen LogP contribution in [0.3, 0.4) is 0 Å². The van der Waals surface area contributed by atoms with Crippen LogP contribution in [0.2, 0.25) is 0 Å². The lowest BCUT2D eigenvalue weighted by Gasteiger charge is -2.18. The summed E-state index contributed by atoms with van der Waals surface area (Å²) in [6.07, 6.45) is 0.660. The van der Waals surface area contributed by atoms with Gasteiger partial charge in [0.25, 0.3) is 5.91 Å². The average molecular weight is 270 g/mol. The van der Waals surface area contributed by atoms with Crippen molar-refractivity contribution in [1.29, 1.82) is 0 Å². The highest BCUT2D eigenvalue weighted by Crippen LogP contribution is 2.16. The van der Waals surface area contributed by atoms with Crippen molar-refractivity contribution in [3.05, 3.63) is 21.9 Å². The Morgan fingerprint density at radius 2 is 2.11 bits per heavy atom. The second-order valence-electron chi connectivity index (χ2n) is 3.68. The van der Waals surface area contributed by atoms with E-state index < -0.39 is 17.8 Å². The molecule has 6 nitrogen and oxygen atoms in total. The number of hydrogen-bond acceptors (Lipinski definition) is 4. The Morgan fingerprint density at radius 3 is 2.56 bits per heavy atom. The Kier molecular flexibility index (Phi) is 4.85. The van der Waals surface area contributed by atoms with Gasteiger partial charge < -0.3 is 15.7 Å². The molecule has 0 atom stereocenters. The van der Waals surface area contributed by atoms with Gasteiger partial charge in [-0.2, -0.15) is 0 Å². The van der Waals surface area contributed by atoms with Crippen molar-refractivity contribution < 1.29 is 19.5 Å². The maximum atomic E-state index is 12.0. The Bertz CT molecular complexity index is 469. The monoisotopic (exact) mass is 270 g/mol. The third-order valence-electron chi connectivity index (χ3n) is 2.20. The zero-order chi connectivity index (χ0) is 13.7. The molecule has 0 aliphatic rings. The van der Waals surface area contributed by atoms with E-state index in [4.69, 9.17) is 10.8 Å². The molecule has 1 heterocycles. The normalized spacial score (nSPS) is 10.1. The number of primary amides is 1. The molecule has 7 heteroatoms. The summed E-state index contributed by atoms with van der Waals surface area (Å²) in [6, 6.07) is 1.39. The van der Waals surface area contributed by atoms with Gasteiger partial charge in [0.05, 0.1) is 10.4 Å². The van der Waals surface area contributed by atoms with E-state index in [2.05, 4.69) is 0 Å². The smallest absolute Gasteiger partial charge is 0.323 e. The Morgan fingerprint density at radius 1 is 1.44 bits per heavy atom. The Labute approximate surface area is 108 Å². The molecule has 0 unspecified atom stereocenters.